The molecule has 0 atom stereocenters. The number of benzene rings is 1. The van der Waals surface area contributed by atoms with E-state index in [0.717, 1.165) is 18.7 Å². The first-order chi connectivity index (χ1) is 10.5. The predicted octanol–water partition coefficient (Wildman–Crippen LogP) is 2.24. The van der Waals surface area contributed by atoms with Gasteiger partial charge in [-0.2, -0.15) is 5.10 Å². The molecule has 0 aliphatic heterocycles. The highest BCUT2D eigenvalue weighted by Gasteiger charge is 2.02. The molecule has 2 rings (SSSR count). The molecule has 22 heavy (non-hydrogen) atoms. The van der Waals surface area contributed by atoms with E-state index < -0.39 is 0 Å². The Bertz CT molecular complexity index is 646. The second kappa shape index (κ2) is 7.51. The minimum absolute atomic E-state index is 0.253. The first kappa shape index (κ1) is 15.9. The third-order valence-corrected chi connectivity index (χ3v) is 2.97. The van der Waals surface area contributed by atoms with Gasteiger partial charge in [0, 0.05) is 18.8 Å². The number of rotatable bonds is 6. The maximum absolute atomic E-state index is 12.8. The number of hydrogen-bond acceptors (Lipinski definition) is 3. The Hall–Kier alpha value is -2.47. The molecular weight excluding hydrogens is 283 g/mol. The van der Waals surface area contributed by atoms with Crippen molar-refractivity contribution in [3.8, 4) is 0 Å². The van der Waals surface area contributed by atoms with Gasteiger partial charge >= 0.3 is 0 Å². The number of anilines is 1. The molecule has 1 aromatic carbocycles. The highest BCUT2D eigenvalue weighted by Crippen LogP contribution is 2.07. The third-order valence-electron chi connectivity index (χ3n) is 2.97. The molecule has 0 fully saturated rings. The standard InChI is InChI=1S/C16H19FN4O/c1-20(2)9-10-21-12-15(11-18-21)19-16(22)8-5-13-3-6-14(17)7-4-13/h3-8,11-12H,9-10H2,1-2H3,(H,19,22)/b8-5-. The molecule has 1 N–H and O–H groups in total. The molecule has 0 radical (unpaired) electrons. The summed E-state index contributed by atoms with van der Waals surface area (Å²) in [5.74, 6) is -0.553. The van der Waals surface area contributed by atoms with Crippen LogP contribution in [0.5, 0.6) is 0 Å². The number of aromatic nitrogens is 2. The number of likely N-dealkylation sites (N-methyl/N-ethyl adjacent to an activating group) is 1. The molecule has 1 heterocycles. The van der Waals surface area contributed by atoms with E-state index in [1.165, 1.54) is 18.2 Å². The number of amides is 1. The van der Waals surface area contributed by atoms with E-state index in [1.807, 2.05) is 14.1 Å². The third kappa shape index (κ3) is 5.14. The van der Waals surface area contributed by atoms with Gasteiger partial charge in [-0.25, -0.2) is 4.39 Å². The second-order valence-electron chi connectivity index (χ2n) is 5.17. The van der Waals surface area contributed by atoms with Crippen LogP contribution in [-0.4, -0.2) is 41.2 Å². The summed E-state index contributed by atoms with van der Waals surface area (Å²) >= 11 is 0. The van der Waals surface area contributed by atoms with E-state index in [2.05, 4.69) is 15.3 Å². The van der Waals surface area contributed by atoms with Gasteiger partial charge < -0.3 is 10.2 Å². The highest BCUT2D eigenvalue weighted by atomic mass is 19.1. The smallest absolute Gasteiger partial charge is 0.248 e. The number of nitrogens with zero attached hydrogens (tertiary/aromatic N) is 3. The predicted molar refractivity (Wildman–Crippen MR) is 84.8 cm³/mol. The molecule has 0 unspecified atom stereocenters. The normalized spacial score (nSPS) is 11.3. The minimum atomic E-state index is -0.299. The fourth-order valence-corrected chi connectivity index (χ4v) is 1.78. The summed E-state index contributed by atoms with van der Waals surface area (Å²) in [5, 5.41) is 6.91. The van der Waals surface area contributed by atoms with Crippen molar-refractivity contribution >= 4 is 17.7 Å². The van der Waals surface area contributed by atoms with Gasteiger partial charge in [0.1, 0.15) is 5.82 Å². The Labute approximate surface area is 129 Å². The molecular formula is C16H19FN4O. The number of hydrogen-bond donors (Lipinski definition) is 1. The van der Waals surface area contributed by atoms with Crippen molar-refractivity contribution in [2.24, 2.45) is 0 Å². The topological polar surface area (TPSA) is 50.2 Å². The first-order valence-electron chi connectivity index (χ1n) is 6.95. The molecule has 0 bridgehead atoms. The molecule has 0 saturated heterocycles. The van der Waals surface area contributed by atoms with E-state index in [9.17, 15) is 9.18 Å². The van der Waals surface area contributed by atoms with Crippen LogP contribution in [0.1, 0.15) is 5.56 Å². The molecule has 0 spiro atoms. The maximum Gasteiger partial charge on any atom is 0.248 e. The van der Waals surface area contributed by atoms with E-state index in [-0.39, 0.29) is 11.7 Å². The SMILES string of the molecule is CN(C)CCn1cc(NC(=O)/C=C\c2ccc(F)cc2)cn1. The number of halogens is 1. The van der Waals surface area contributed by atoms with Gasteiger partial charge in [-0.3, -0.25) is 9.48 Å². The zero-order valence-corrected chi connectivity index (χ0v) is 12.7. The minimum Gasteiger partial charge on any atom is -0.320 e. The van der Waals surface area contributed by atoms with Crippen LogP contribution >= 0.6 is 0 Å². The summed E-state index contributed by atoms with van der Waals surface area (Å²) in [6.07, 6.45) is 6.43. The Morgan fingerprint density at radius 1 is 1.36 bits per heavy atom. The monoisotopic (exact) mass is 302 g/mol. The van der Waals surface area contributed by atoms with Crippen molar-refractivity contribution in [3.05, 3.63) is 54.1 Å². The van der Waals surface area contributed by atoms with Gasteiger partial charge in [-0.1, -0.05) is 12.1 Å². The van der Waals surface area contributed by atoms with Crippen molar-refractivity contribution < 1.29 is 9.18 Å². The van der Waals surface area contributed by atoms with Crippen molar-refractivity contribution in [2.75, 3.05) is 26.0 Å². The highest BCUT2D eigenvalue weighted by molar-refractivity contribution is 6.01. The summed E-state index contributed by atoms with van der Waals surface area (Å²) in [4.78, 5) is 13.9. The summed E-state index contributed by atoms with van der Waals surface area (Å²) in [7, 11) is 3.98. The Kier molecular flexibility index (Phi) is 5.43. The van der Waals surface area contributed by atoms with Crippen LogP contribution in [0, 0.1) is 5.82 Å². The number of carbonyl (C=O) groups excluding carboxylic acids is 1. The molecule has 6 heteroatoms. The fourth-order valence-electron chi connectivity index (χ4n) is 1.78. The molecule has 0 saturated carbocycles. The van der Waals surface area contributed by atoms with E-state index in [0.29, 0.717) is 5.69 Å². The van der Waals surface area contributed by atoms with Crippen LogP contribution in [0.3, 0.4) is 0 Å². The van der Waals surface area contributed by atoms with Crippen LogP contribution in [0.4, 0.5) is 10.1 Å². The van der Waals surface area contributed by atoms with Crippen LogP contribution in [0.15, 0.2) is 42.7 Å². The van der Waals surface area contributed by atoms with Gasteiger partial charge in [-0.15, -0.1) is 0 Å². The number of carbonyl (C=O) groups is 1. The molecule has 1 aromatic heterocycles. The van der Waals surface area contributed by atoms with E-state index >= 15 is 0 Å². The summed E-state index contributed by atoms with van der Waals surface area (Å²) in [5.41, 5.74) is 1.41. The molecule has 0 aliphatic rings. The Morgan fingerprint density at radius 2 is 2.09 bits per heavy atom. The lowest BCUT2D eigenvalue weighted by Crippen LogP contribution is -2.18. The summed E-state index contributed by atoms with van der Waals surface area (Å²) < 4.78 is 14.5. The van der Waals surface area contributed by atoms with Crippen LogP contribution in [-0.2, 0) is 11.3 Å². The Morgan fingerprint density at radius 3 is 2.77 bits per heavy atom. The second-order valence-corrected chi connectivity index (χ2v) is 5.17. The van der Waals surface area contributed by atoms with Crippen LogP contribution < -0.4 is 5.32 Å². The molecule has 116 valence electrons. The van der Waals surface area contributed by atoms with Crippen molar-refractivity contribution in [1.82, 2.24) is 14.7 Å². The van der Waals surface area contributed by atoms with E-state index in [1.54, 1.807) is 35.3 Å². The summed E-state index contributed by atoms with van der Waals surface area (Å²) in [6, 6.07) is 5.93. The van der Waals surface area contributed by atoms with E-state index in [4.69, 9.17) is 0 Å². The Balaban J connectivity index is 1.87. The lowest BCUT2D eigenvalue weighted by atomic mass is 10.2. The van der Waals surface area contributed by atoms with Crippen molar-refractivity contribution in [2.45, 2.75) is 6.54 Å². The average molecular weight is 302 g/mol. The molecule has 1 amide bonds. The lowest BCUT2D eigenvalue weighted by molar-refractivity contribution is -0.111. The van der Waals surface area contributed by atoms with Crippen LogP contribution in [0.2, 0.25) is 0 Å². The summed E-state index contributed by atoms with van der Waals surface area (Å²) in [6.45, 7) is 1.63. The zero-order chi connectivity index (χ0) is 15.9. The lowest BCUT2D eigenvalue weighted by Gasteiger charge is -2.08. The fraction of sp³-hybridized carbons (Fsp3) is 0.250. The van der Waals surface area contributed by atoms with Crippen LogP contribution in [0.25, 0.3) is 6.08 Å². The largest absolute Gasteiger partial charge is 0.320 e. The quantitative estimate of drug-likeness (QED) is 0.833. The van der Waals surface area contributed by atoms with Crippen molar-refractivity contribution in [3.63, 3.8) is 0 Å². The van der Waals surface area contributed by atoms with Gasteiger partial charge in [-0.05, 0) is 37.9 Å². The van der Waals surface area contributed by atoms with Gasteiger partial charge in [0.2, 0.25) is 5.91 Å². The van der Waals surface area contributed by atoms with Crippen molar-refractivity contribution in [1.29, 1.82) is 0 Å². The van der Waals surface area contributed by atoms with Gasteiger partial charge in [0.15, 0.2) is 0 Å². The number of nitrogens with one attached hydrogen (secondary N) is 1. The van der Waals surface area contributed by atoms with Gasteiger partial charge in [0.05, 0.1) is 18.4 Å². The van der Waals surface area contributed by atoms with Gasteiger partial charge in [0.25, 0.3) is 0 Å². The molecule has 0 aliphatic carbocycles. The molecule has 2 aromatic rings. The average Bonchev–Trinajstić information content (AvgIpc) is 2.92. The maximum atomic E-state index is 12.8. The zero-order valence-electron chi connectivity index (χ0n) is 12.7. The first-order valence-corrected chi connectivity index (χ1v) is 6.95. The molecule has 5 nitrogen and oxygen atoms in total.